The van der Waals surface area contributed by atoms with E-state index in [1.165, 1.54) is 29.0 Å². The number of carbonyl (C=O) groups is 1. The minimum Gasteiger partial charge on any atom is -0.450 e. The fraction of sp³-hybridized carbons (Fsp3) is 0.143. The lowest BCUT2D eigenvalue weighted by Crippen LogP contribution is -2.14. The summed E-state index contributed by atoms with van der Waals surface area (Å²) in [5, 5.41) is 2.51. The third-order valence-electron chi connectivity index (χ3n) is 4.53. The van der Waals surface area contributed by atoms with Crippen LogP contribution in [0.15, 0.2) is 53.6 Å². The molecule has 0 atom stereocenters. The molecule has 0 unspecified atom stereocenters. The quantitative estimate of drug-likeness (QED) is 0.537. The van der Waals surface area contributed by atoms with Crippen molar-refractivity contribution < 1.29 is 13.9 Å². The van der Waals surface area contributed by atoms with Gasteiger partial charge in [-0.1, -0.05) is 0 Å². The molecule has 1 amide bonds. The molecule has 8 nitrogen and oxygen atoms in total. The predicted octanol–water partition coefficient (Wildman–Crippen LogP) is 3.70. The van der Waals surface area contributed by atoms with Crippen LogP contribution in [-0.4, -0.2) is 32.2 Å². The Bertz CT molecular complexity index is 1310. The number of nitrogens with one attached hydrogen (secondary N) is 2. The van der Waals surface area contributed by atoms with Gasteiger partial charge in [-0.25, -0.2) is 14.2 Å². The Labute approximate surface area is 170 Å². The van der Waals surface area contributed by atoms with E-state index in [-0.39, 0.29) is 23.8 Å². The second kappa shape index (κ2) is 7.78. The summed E-state index contributed by atoms with van der Waals surface area (Å²) in [5.74, 6) is -0.356. The van der Waals surface area contributed by atoms with E-state index < -0.39 is 11.9 Å². The van der Waals surface area contributed by atoms with Crippen LogP contribution in [0.3, 0.4) is 0 Å². The van der Waals surface area contributed by atoms with E-state index in [9.17, 15) is 14.0 Å². The molecule has 4 rings (SSSR count). The number of hydrogen-bond donors (Lipinski definition) is 2. The number of halogens is 1. The lowest BCUT2D eigenvalue weighted by molar-refractivity contribution is 0.167. The molecule has 0 fully saturated rings. The highest BCUT2D eigenvalue weighted by atomic mass is 19.1. The summed E-state index contributed by atoms with van der Waals surface area (Å²) in [5.41, 5.74) is 2.66. The molecule has 9 heteroatoms. The van der Waals surface area contributed by atoms with Crippen LogP contribution in [0, 0.1) is 5.82 Å². The molecule has 1 aromatic carbocycles. The van der Waals surface area contributed by atoms with E-state index in [0.29, 0.717) is 27.7 Å². The van der Waals surface area contributed by atoms with Crippen molar-refractivity contribution in [3.05, 3.63) is 65.0 Å². The van der Waals surface area contributed by atoms with Crippen LogP contribution in [0.25, 0.3) is 33.4 Å². The summed E-state index contributed by atoms with van der Waals surface area (Å²) in [6.07, 6.45) is 2.48. The molecule has 0 aliphatic rings. The van der Waals surface area contributed by atoms with Crippen molar-refractivity contribution in [2.45, 2.75) is 6.92 Å². The maximum Gasteiger partial charge on any atom is 0.413 e. The number of aromatic amines is 1. The van der Waals surface area contributed by atoms with Crippen LogP contribution in [-0.2, 0) is 11.8 Å². The Hall–Kier alpha value is -4.01. The molecule has 30 heavy (non-hydrogen) atoms. The van der Waals surface area contributed by atoms with Crippen molar-refractivity contribution in [3.8, 4) is 22.4 Å². The third kappa shape index (κ3) is 3.64. The van der Waals surface area contributed by atoms with Gasteiger partial charge in [0.05, 0.1) is 12.1 Å². The maximum absolute atomic E-state index is 14.5. The van der Waals surface area contributed by atoms with Gasteiger partial charge in [-0.2, -0.15) is 0 Å². The molecule has 0 saturated carbocycles. The van der Waals surface area contributed by atoms with Gasteiger partial charge in [0, 0.05) is 31.1 Å². The first-order valence-electron chi connectivity index (χ1n) is 9.21. The SMILES string of the molecule is CCOC(=O)Nc1nc2c(-c3ncccc3F)cc(-c3ccn(C)c(=O)c3)cc2[nH]1. The zero-order chi connectivity index (χ0) is 21.3. The Balaban J connectivity index is 1.92. The van der Waals surface area contributed by atoms with Crippen molar-refractivity contribution in [3.63, 3.8) is 0 Å². The second-order valence-electron chi connectivity index (χ2n) is 6.55. The van der Waals surface area contributed by atoms with Gasteiger partial charge in [-0.3, -0.25) is 15.1 Å². The van der Waals surface area contributed by atoms with Crippen LogP contribution >= 0.6 is 0 Å². The van der Waals surface area contributed by atoms with Crippen LogP contribution in [0.4, 0.5) is 15.1 Å². The monoisotopic (exact) mass is 407 g/mol. The minimum atomic E-state index is -0.658. The van der Waals surface area contributed by atoms with E-state index >= 15 is 0 Å². The van der Waals surface area contributed by atoms with E-state index in [0.717, 1.165) is 0 Å². The lowest BCUT2D eigenvalue weighted by Gasteiger charge is -2.08. The Kier molecular flexibility index (Phi) is 5.01. The van der Waals surface area contributed by atoms with Crippen molar-refractivity contribution in [2.75, 3.05) is 11.9 Å². The standard InChI is InChI=1S/C21H18FN5O3/c1-3-30-21(29)26-20-24-16-10-13(12-6-8-27(2)17(28)11-12)9-14(19(16)25-20)18-15(22)5-4-7-23-18/h4-11H,3H2,1-2H3,(H2,24,25,26,29). The predicted molar refractivity (Wildman–Crippen MR) is 111 cm³/mol. The fourth-order valence-electron chi connectivity index (χ4n) is 3.10. The molecule has 2 N–H and O–H groups in total. The number of rotatable bonds is 4. The zero-order valence-corrected chi connectivity index (χ0v) is 16.3. The first-order chi connectivity index (χ1) is 14.5. The summed E-state index contributed by atoms with van der Waals surface area (Å²) in [6, 6.07) is 9.58. The average molecular weight is 407 g/mol. The highest BCUT2D eigenvalue weighted by molar-refractivity contribution is 5.97. The number of hydrogen-bond acceptors (Lipinski definition) is 5. The molecule has 3 aromatic heterocycles. The van der Waals surface area contributed by atoms with Gasteiger partial charge in [-0.05, 0) is 48.4 Å². The van der Waals surface area contributed by atoms with Crippen molar-refractivity contribution in [1.82, 2.24) is 19.5 Å². The Morgan fingerprint density at radius 3 is 2.83 bits per heavy atom. The molecule has 0 radical (unpaired) electrons. The Morgan fingerprint density at radius 2 is 2.10 bits per heavy atom. The van der Waals surface area contributed by atoms with Gasteiger partial charge in [0.15, 0.2) is 0 Å². The topological polar surface area (TPSA) is 102 Å². The fourth-order valence-corrected chi connectivity index (χ4v) is 3.10. The van der Waals surface area contributed by atoms with Crippen LogP contribution in [0.2, 0.25) is 0 Å². The number of nitrogens with zero attached hydrogens (tertiary/aromatic N) is 3. The van der Waals surface area contributed by atoms with E-state index in [1.54, 1.807) is 38.4 Å². The van der Waals surface area contributed by atoms with Crippen molar-refractivity contribution in [1.29, 1.82) is 0 Å². The largest absolute Gasteiger partial charge is 0.450 e. The van der Waals surface area contributed by atoms with Crippen LogP contribution in [0.5, 0.6) is 0 Å². The molecule has 4 aromatic rings. The Morgan fingerprint density at radius 1 is 1.27 bits per heavy atom. The normalized spacial score (nSPS) is 10.9. The molecule has 3 heterocycles. The highest BCUT2D eigenvalue weighted by Gasteiger charge is 2.17. The van der Waals surface area contributed by atoms with Gasteiger partial charge in [0.25, 0.3) is 5.56 Å². The summed E-state index contributed by atoms with van der Waals surface area (Å²) in [7, 11) is 1.66. The second-order valence-corrected chi connectivity index (χ2v) is 6.55. The number of aryl methyl sites for hydroxylation is 1. The lowest BCUT2D eigenvalue weighted by atomic mass is 10.0. The molecule has 0 bridgehead atoms. The summed E-state index contributed by atoms with van der Waals surface area (Å²) in [6.45, 7) is 1.90. The van der Waals surface area contributed by atoms with Crippen molar-refractivity contribution >= 4 is 23.1 Å². The smallest absolute Gasteiger partial charge is 0.413 e. The van der Waals surface area contributed by atoms with E-state index in [2.05, 4.69) is 20.3 Å². The molecule has 0 aliphatic carbocycles. The highest BCUT2D eigenvalue weighted by Crippen LogP contribution is 2.33. The van der Waals surface area contributed by atoms with Gasteiger partial charge < -0.3 is 14.3 Å². The number of pyridine rings is 2. The minimum absolute atomic E-state index is 0.113. The first kappa shape index (κ1) is 19.3. The molecule has 0 spiro atoms. The van der Waals surface area contributed by atoms with Gasteiger partial charge >= 0.3 is 6.09 Å². The molecule has 0 aliphatic heterocycles. The zero-order valence-electron chi connectivity index (χ0n) is 16.3. The van der Waals surface area contributed by atoms with Crippen LogP contribution < -0.4 is 10.9 Å². The molecule has 152 valence electrons. The number of H-pyrrole nitrogens is 1. The number of anilines is 1. The van der Waals surface area contributed by atoms with Gasteiger partial charge in [0.1, 0.15) is 17.0 Å². The first-order valence-corrected chi connectivity index (χ1v) is 9.21. The number of fused-ring (bicyclic) bond motifs is 1. The molecular formula is C21H18FN5O3. The number of carbonyl (C=O) groups excluding carboxylic acids is 1. The van der Waals surface area contributed by atoms with Gasteiger partial charge in [0.2, 0.25) is 5.95 Å². The number of amides is 1. The van der Waals surface area contributed by atoms with Gasteiger partial charge in [-0.15, -0.1) is 0 Å². The molecule has 0 saturated heterocycles. The summed E-state index contributed by atoms with van der Waals surface area (Å²) >= 11 is 0. The molecular weight excluding hydrogens is 389 g/mol. The van der Waals surface area contributed by atoms with E-state index in [1.807, 2.05) is 0 Å². The number of imidazole rings is 1. The van der Waals surface area contributed by atoms with Crippen molar-refractivity contribution in [2.24, 2.45) is 7.05 Å². The number of benzene rings is 1. The number of ether oxygens (including phenoxy) is 1. The summed E-state index contributed by atoms with van der Waals surface area (Å²) in [4.78, 5) is 35.4. The average Bonchev–Trinajstić information content (AvgIpc) is 3.12. The maximum atomic E-state index is 14.5. The summed E-state index contributed by atoms with van der Waals surface area (Å²) < 4.78 is 20.9. The number of aromatic nitrogens is 4. The third-order valence-corrected chi connectivity index (χ3v) is 4.53. The van der Waals surface area contributed by atoms with Crippen LogP contribution in [0.1, 0.15) is 6.92 Å². The van der Waals surface area contributed by atoms with E-state index in [4.69, 9.17) is 4.74 Å².